The summed E-state index contributed by atoms with van der Waals surface area (Å²) in [6.45, 7) is 10.1. The third-order valence-electron chi connectivity index (χ3n) is 7.45. The number of methoxy groups -OCH3 is 1. The molecule has 2 saturated heterocycles. The molecule has 0 saturated carbocycles. The van der Waals surface area contributed by atoms with E-state index in [-0.39, 0.29) is 0 Å². The summed E-state index contributed by atoms with van der Waals surface area (Å²) in [5, 5.41) is 4.44. The molecule has 32 heavy (non-hydrogen) atoms. The molecule has 6 nitrogen and oxygen atoms in total. The SMILES string of the molecule is COc1ccc(CN2CCCC(c3onc4c3CC(C)CC4)C2)cc1CN1CCOCC1. The molecule has 3 heterocycles. The predicted octanol–water partition coefficient (Wildman–Crippen LogP) is 4.02. The molecule has 0 N–H and O–H groups in total. The molecule has 2 fully saturated rings. The third-order valence-corrected chi connectivity index (χ3v) is 7.45. The Balaban J connectivity index is 1.27. The maximum atomic E-state index is 5.93. The Morgan fingerprint density at radius 1 is 1.09 bits per heavy atom. The lowest BCUT2D eigenvalue weighted by Gasteiger charge is -2.32. The highest BCUT2D eigenvalue weighted by molar-refractivity contribution is 5.37. The van der Waals surface area contributed by atoms with Gasteiger partial charge in [-0.15, -0.1) is 0 Å². The molecule has 2 aromatic rings. The van der Waals surface area contributed by atoms with E-state index in [9.17, 15) is 0 Å². The number of aromatic nitrogens is 1. The van der Waals surface area contributed by atoms with Gasteiger partial charge in [-0.05, 0) is 62.3 Å². The second kappa shape index (κ2) is 9.94. The van der Waals surface area contributed by atoms with Crippen LogP contribution in [0.25, 0.3) is 0 Å². The summed E-state index contributed by atoms with van der Waals surface area (Å²) in [4.78, 5) is 5.05. The van der Waals surface area contributed by atoms with Crippen LogP contribution in [0.5, 0.6) is 5.75 Å². The average molecular weight is 440 g/mol. The summed E-state index contributed by atoms with van der Waals surface area (Å²) in [7, 11) is 1.77. The van der Waals surface area contributed by atoms with Gasteiger partial charge in [-0.25, -0.2) is 0 Å². The largest absolute Gasteiger partial charge is 0.496 e. The van der Waals surface area contributed by atoms with Gasteiger partial charge < -0.3 is 14.0 Å². The molecule has 1 aromatic heterocycles. The van der Waals surface area contributed by atoms with Gasteiger partial charge in [0.15, 0.2) is 0 Å². The van der Waals surface area contributed by atoms with Gasteiger partial charge in [0.25, 0.3) is 0 Å². The van der Waals surface area contributed by atoms with Crippen molar-refractivity contribution in [3.05, 3.63) is 46.3 Å². The maximum absolute atomic E-state index is 5.93. The van der Waals surface area contributed by atoms with E-state index in [1.54, 1.807) is 7.11 Å². The quantitative estimate of drug-likeness (QED) is 0.678. The lowest BCUT2D eigenvalue weighted by Crippen LogP contribution is -2.36. The highest BCUT2D eigenvalue weighted by atomic mass is 16.5. The van der Waals surface area contributed by atoms with Gasteiger partial charge >= 0.3 is 0 Å². The van der Waals surface area contributed by atoms with E-state index in [1.165, 1.54) is 47.4 Å². The van der Waals surface area contributed by atoms with Crippen molar-refractivity contribution >= 4 is 0 Å². The van der Waals surface area contributed by atoms with E-state index in [0.717, 1.165) is 77.0 Å². The number of ether oxygens (including phenoxy) is 2. The van der Waals surface area contributed by atoms with Crippen LogP contribution in [0.1, 0.15) is 60.2 Å². The van der Waals surface area contributed by atoms with E-state index in [1.807, 2.05) is 0 Å². The Morgan fingerprint density at radius 2 is 1.97 bits per heavy atom. The highest BCUT2D eigenvalue weighted by Crippen LogP contribution is 2.36. The summed E-state index contributed by atoms with van der Waals surface area (Å²) in [5.74, 6) is 3.37. The standard InChI is InChI=1S/C26H37N3O3/c1-19-5-7-24-23(14-19)26(32-27-24)21-4-3-9-29(17-21)16-20-6-8-25(30-2)22(15-20)18-28-10-12-31-13-11-28/h6,8,15,19,21H,3-5,7,9-14,16-18H2,1-2H3. The van der Waals surface area contributed by atoms with Crippen molar-refractivity contribution in [2.75, 3.05) is 46.5 Å². The van der Waals surface area contributed by atoms with Gasteiger partial charge in [-0.2, -0.15) is 0 Å². The van der Waals surface area contributed by atoms with Crippen LogP contribution in [0, 0.1) is 5.92 Å². The van der Waals surface area contributed by atoms with Gasteiger partial charge in [-0.1, -0.05) is 18.1 Å². The summed E-state index contributed by atoms with van der Waals surface area (Å²) in [6, 6.07) is 6.71. The van der Waals surface area contributed by atoms with E-state index in [2.05, 4.69) is 40.1 Å². The predicted molar refractivity (Wildman–Crippen MR) is 124 cm³/mol. The summed E-state index contributed by atoms with van der Waals surface area (Å²) in [6.07, 6.45) is 5.87. The lowest BCUT2D eigenvalue weighted by atomic mass is 9.84. The van der Waals surface area contributed by atoms with Crippen molar-refractivity contribution in [1.29, 1.82) is 0 Å². The van der Waals surface area contributed by atoms with Gasteiger partial charge in [-0.3, -0.25) is 9.80 Å². The monoisotopic (exact) mass is 439 g/mol. The molecule has 2 atom stereocenters. The first-order chi connectivity index (χ1) is 15.7. The topological polar surface area (TPSA) is 51.0 Å². The van der Waals surface area contributed by atoms with Crippen LogP contribution in [0.3, 0.4) is 0 Å². The zero-order valence-corrected chi connectivity index (χ0v) is 19.6. The van der Waals surface area contributed by atoms with Crippen molar-refractivity contribution in [1.82, 2.24) is 15.0 Å². The summed E-state index contributed by atoms with van der Waals surface area (Å²) < 4.78 is 17.1. The first-order valence-corrected chi connectivity index (χ1v) is 12.3. The fourth-order valence-electron chi connectivity index (χ4n) is 5.65. The summed E-state index contributed by atoms with van der Waals surface area (Å²) in [5.41, 5.74) is 5.28. The lowest BCUT2D eigenvalue weighted by molar-refractivity contribution is 0.0338. The minimum atomic E-state index is 0.469. The minimum Gasteiger partial charge on any atom is -0.496 e. The Bertz CT molecular complexity index is 906. The number of rotatable bonds is 6. The molecule has 0 amide bonds. The fraction of sp³-hybridized carbons (Fsp3) is 0.654. The number of benzene rings is 1. The maximum Gasteiger partial charge on any atom is 0.144 e. The molecular formula is C26H37N3O3. The highest BCUT2D eigenvalue weighted by Gasteiger charge is 2.31. The second-order valence-electron chi connectivity index (χ2n) is 9.93. The van der Waals surface area contributed by atoms with Crippen molar-refractivity contribution in [2.45, 2.75) is 58.0 Å². The van der Waals surface area contributed by atoms with Crippen LogP contribution in [0.4, 0.5) is 0 Å². The van der Waals surface area contributed by atoms with Crippen LogP contribution in [0.15, 0.2) is 22.7 Å². The van der Waals surface area contributed by atoms with Crippen LogP contribution >= 0.6 is 0 Å². The average Bonchev–Trinajstić information content (AvgIpc) is 3.23. The number of morpholine rings is 1. The molecule has 0 bridgehead atoms. The molecule has 2 unspecified atom stereocenters. The molecule has 6 heteroatoms. The van der Waals surface area contributed by atoms with Gasteiger partial charge in [0, 0.05) is 49.8 Å². The third kappa shape index (κ3) is 4.87. The van der Waals surface area contributed by atoms with Crippen molar-refractivity contribution < 1.29 is 14.0 Å². The first kappa shape index (κ1) is 21.9. The molecular weight excluding hydrogens is 402 g/mol. The molecule has 0 spiro atoms. The molecule has 5 rings (SSSR count). The number of aryl methyl sites for hydroxylation is 1. The second-order valence-corrected chi connectivity index (χ2v) is 9.93. The number of nitrogens with zero attached hydrogens (tertiary/aromatic N) is 3. The number of likely N-dealkylation sites (tertiary alicyclic amines) is 1. The van der Waals surface area contributed by atoms with E-state index in [0.29, 0.717) is 5.92 Å². The Labute approximate surface area is 191 Å². The smallest absolute Gasteiger partial charge is 0.144 e. The summed E-state index contributed by atoms with van der Waals surface area (Å²) >= 11 is 0. The van der Waals surface area contributed by atoms with Gasteiger partial charge in [0.2, 0.25) is 0 Å². The Kier molecular flexibility index (Phi) is 6.81. The van der Waals surface area contributed by atoms with E-state index >= 15 is 0 Å². The fourth-order valence-corrected chi connectivity index (χ4v) is 5.65. The molecule has 1 aromatic carbocycles. The zero-order chi connectivity index (χ0) is 21.9. The Morgan fingerprint density at radius 3 is 2.81 bits per heavy atom. The molecule has 1 aliphatic carbocycles. The van der Waals surface area contributed by atoms with Gasteiger partial charge in [0.1, 0.15) is 11.5 Å². The van der Waals surface area contributed by atoms with Crippen molar-refractivity contribution in [3.63, 3.8) is 0 Å². The van der Waals surface area contributed by atoms with Crippen LogP contribution in [-0.4, -0.2) is 61.5 Å². The number of hydrogen-bond acceptors (Lipinski definition) is 6. The normalized spacial score (nSPS) is 24.9. The Hall–Kier alpha value is -1.89. The molecule has 2 aliphatic heterocycles. The van der Waals surface area contributed by atoms with Crippen LogP contribution in [0.2, 0.25) is 0 Å². The molecule has 0 radical (unpaired) electrons. The van der Waals surface area contributed by atoms with E-state index in [4.69, 9.17) is 14.0 Å². The number of hydrogen-bond donors (Lipinski definition) is 0. The number of piperidine rings is 1. The zero-order valence-electron chi connectivity index (χ0n) is 19.6. The van der Waals surface area contributed by atoms with Crippen LogP contribution in [-0.2, 0) is 30.7 Å². The molecule has 3 aliphatic rings. The van der Waals surface area contributed by atoms with Crippen molar-refractivity contribution in [2.24, 2.45) is 5.92 Å². The van der Waals surface area contributed by atoms with E-state index < -0.39 is 0 Å². The number of fused-ring (bicyclic) bond motifs is 1. The minimum absolute atomic E-state index is 0.469. The first-order valence-electron chi connectivity index (χ1n) is 12.3. The van der Waals surface area contributed by atoms with Crippen molar-refractivity contribution in [3.8, 4) is 5.75 Å². The molecule has 174 valence electrons. The van der Waals surface area contributed by atoms with Crippen LogP contribution < -0.4 is 4.74 Å². The van der Waals surface area contributed by atoms with Gasteiger partial charge in [0.05, 0.1) is 26.0 Å².